The number of para-hydroxylation sites is 1. The number of carbonyl (C=O) groups is 1. The molecule has 1 atom stereocenters. The molecule has 2 rings (SSSR count). The van der Waals surface area contributed by atoms with Crippen LogP contribution in [0.4, 0.5) is 0 Å². The number of halogens is 1. The van der Waals surface area contributed by atoms with Gasteiger partial charge in [-0.05, 0) is 31.9 Å². The molecule has 0 radical (unpaired) electrons. The highest BCUT2D eigenvalue weighted by Crippen LogP contribution is 2.22. The van der Waals surface area contributed by atoms with Gasteiger partial charge in [0.05, 0.1) is 12.0 Å². The number of hydrogen-bond donors (Lipinski definition) is 2. The molecule has 4 nitrogen and oxygen atoms in total. The van der Waals surface area contributed by atoms with Crippen LogP contribution >= 0.6 is 12.4 Å². The molecule has 2 N–H and O–H groups in total. The minimum absolute atomic E-state index is 0. The third-order valence-electron chi connectivity index (χ3n) is 3.43. The lowest BCUT2D eigenvalue weighted by Crippen LogP contribution is -2.53. The molecule has 1 aromatic rings. The molecule has 1 saturated heterocycles. The summed E-state index contributed by atoms with van der Waals surface area (Å²) in [7, 11) is 0. The summed E-state index contributed by atoms with van der Waals surface area (Å²) >= 11 is 0. The Kier molecular flexibility index (Phi) is 6.30. The van der Waals surface area contributed by atoms with E-state index < -0.39 is 0 Å². The van der Waals surface area contributed by atoms with Crippen molar-refractivity contribution in [3.63, 3.8) is 0 Å². The first-order valence-electron chi connectivity index (χ1n) is 6.78. The van der Waals surface area contributed by atoms with E-state index in [0.29, 0.717) is 6.61 Å². The third kappa shape index (κ3) is 4.12. The molecule has 1 aliphatic rings. The number of nitrogens with one attached hydrogen (secondary N) is 2. The minimum atomic E-state index is 0. The molecule has 1 fully saturated rings. The van der Waals surface area contributed by atoms with Gasteiger partial charge in [0.2, 0.25) is 5.91 Å². The maximum Gasteiger partial charge on any atom is 0.226 e. The highest BCUT2D eigenvalue weighted by molar-refractivity contribution is 5.85. The summed E-state index contributed by atoms with van der Waals surface area (Å²) in [6.07, 6.45) is 0. The first-order valence-corrected chi connectivity index (χ1v) is 6.78. The molecule has 0 aromatic heterocycles. The largest absolute Gasteiger partial charge is 0.491 e. The van der Waals surface area contributed by atoms with Crippen molar-refractivity contribution in [3.8, 4) is 5.75 Å². The second-order valence-electron chi connectivity index (χ2n) is 5.30. The zero-order valence-electron chi connectivity index (χ0n) is 12.2. The normalized spacial score (nSPS) is 15.8. The molecule has 0 spiro atoms. The second kappa shape index (κ2) is 7.50. The summed E-state index contributed by atoms with van der Waals surface area (Å²) in [5.41, 5.74) is 2.25. The van der Waals surface area contributed by atoms with Crippen LogP contribution in [0.25, 0.3) is 0 Å². The molecular weight excluding hydrogens is 276 g/mol. The minimum Gasteiger partial charge on any atom is -0.491 e. The van der Waals surface area contributed by atoms with E-state index >= 15 is 0 Å². The van der Waals surface area contributed by atoms with E-state index in [9.17, 15) is 4.79 Å². The zero-order valence-corrected chi connectivity index (χ0v) is 13.0. The van der Waals surface area contributed by atoms with E-state index in [-0.39, 0.29) is 30.3 Å². The molecule has 0 bridgehead atoms. The molecule has 1 amide bonds. The maximum atomic E-state index is 11.8. The van der Waals surface area contributed by atoms with E-state index in [2.05, 4.69) is 10.6 Å². The van der Waals surface area contributed by atoms with Gasteiger partial charge in [-0.1, -0.05) is 18.2 Å². The standard InChI is InChI=1S/C15H22N2O2.ClH/c1-10-5-4-6-11(2)14(10)19-9-12(3)17-15(18)13-7-16-8-13;/h4-6,12-13,16H,7-9H2,1-3H3,(H,17,18);1H. The Morgan fingerprint density at radius 1 is 1.40 bits per heavy atom. The third-order valence-corrected chi connectivity index (χ3v) is 3.43. The van der Waals surface area contributed by atoms with E-state index in [1.807, 2.05) is 39.0 Å². The number of rotatable bonds is 5. The molecule has 1 aromatic carbocycles. The second-order valence-corrected chi connectivity index (χ2v) is 5.30. The SMILES string of the molecule is Cc1cccc(C)c1OCC(C)NC(=O)C1CNC1.Cl. The predicted molar refractivity (Wildman–Crippen MR) is 82.6 cm³/mol. The number of hydrogen-bond acceptors (Lipinski definition) is 3. The highest BCUT2D eigenvalue weighted by Gasteiger charge is 2.25. The molecular formula is C15H23ClN2O2. The topological polar surface area (TPSA) is 50.4 Å². The van der Waals surface area contributed by atoms with Gasteiger partial charge < -0.3 is 15.4 Å². The summed E-state index contributed by atoms with van der Waals surface area (Å²) < 4.78 is 5.83. The molecule has 0 saturated carbocycles. The van der Waals surface area contributed by atoms with Gasteiger partial charge >= 0.3 is 0 Å². The van der Waals surface area contributed by atoms with Crippen molar-refractivity contribution in [2.45, 2.75) is 26.8 Å². The van der Waals surface area contributed by atoms with Gasteiger partial charge in [-0.25, -0.2) is 0 Å². The van der Waals surface area contributed by atoms with Crippen molar-refractivity contribution < 1.29 is 9.53 Å². The highest BCUT2D eigenvalue weighted by atomic mass is 35.5. The van der Waals surface area contributed by atoms with Crippen molar-refractivity contribution in [2.75, 3.05) is 19.7 Å². The van der Waals surface area contributed by atoms with Crippen LogP contribution in [0, 0.1) is 19.8 Å². The van der Waals surface area contributed by atoms with Crippen molar-refractivity contribution in [2.24, 2.45) is 5.92 Å². The summed E-state index contributed by atoms with van der Waals surface area (Å²) in [5.74, 6) is 1.17. The van der Waals surface area contributed by atoms with Crippen molar-refractivity contribution in [1.29, 1.82) is 0 Å². The van der Waals surface area contributed by atoms with Gasteiger partial charge in [0.15, 0.2) is 0 Å². The molecule has 1 heterocycles. The molecule has 1 unspecified atom stereocenters. The van der Waals surface area contributed by atoms with Gasteiger partial charge in [-0.15, -0.1) is 12.4 Å². The monoisotopic (exact) mass is 298 g/mol. The fourth-order valence-electron chi connectivity index (χ4n) is 2.11. The van der Waals surface area contributed by atoms with Gasteiger partial charge in [0, 0.05) is 13.1 Å². The smallest absolute Gasteiger partial charge is 0.226 e. The Balaban J connectivity index is 0.00000200. The van der Waals surface area contributed by atoms with Crippen LogP contribution in [0.2, 0.25) is 0 Å². The molecule has 0 aliphatic carbocycles. The Morgan fingerprint density at radius 2 is 2.00 bits per heavy atom. The summed E-state index contributed by atoms with van der Waals surface area (Å²) in [6, 6.07) is 6.11. The number of aryl methyl sites for hydroxylation is 2. The van der Waals surface area contributed by atoms with Gasteiger partial charge in [0.1, 0.15) is 12.4 Å². The lowest BCUT2D eigenvalue weighted by atomic mass is 10.0. The average Bonchev–Trinajstić information content (AvgIpc) is 2.25. The van der Waals surface area contributed by atoms with Crippen LogP contribution in [-0.2, 0) is 4.79 Å². The lowest BCUT2D eigenvalue weighted by Gasteiger charge is -2.27. The van der Waals surface area contributed by atoms with Crippen LogP contribution in [0.5, 0.6) is 5.75 Å². The lowest BCUT2D eigenvalue weighted by molar-refractivity contribution is -0.127. The maximum absolute atomic E-state index is 11.8. The van der Waals surface area contributed by atoms with Crippen molar-refractivity contribution >= 4 is 18.3 Å². The Labute approximate surface area is 126 Å². The fraction of sp³-hybridized carbons (Fsp3) is 0.533. The first kappa shape index (κ1) is 16.8. The first-order chi connectivity index (χ1) is 9.08. The molecule has 20 heavy (non-hydrogen) atoms. The Hall–Kier alpha value is -1.26. The summed E-state index contributed by atoms with van der Waals surface area (Å²) in [5, 5.41) is 6.08. The molecule has 1 aliphatic heterocycles. The van der Waals surface area contributed by atoms with Crippen LogP contribution in [0.3, 0.4) is 0 Å². The van der Waals surface area contributed by atoms with Gasteiger partial charge in [-0.2, -0.15) is 0 Å². The van der Waals surface area contributed by atoms with E-state index in [0.717, 1.165) is 30.0 Å². The van der Waals surface area contributed by atoms with Crippen LogP contribution in [0.15, 0.2) is 18.2 Å². The number of carbonyl (C=O) groups excluding carboxylic acids is 1. The zero-order chi connectivity index (χ0) is 13.8. The average molecular weight is 299 g/mol. The van der Waals surface area contributed by atoms with Crippen LogP contribution in [-0.4, -0.2) is 31.6 Å². The summed E-state index contributed by atoms with van der Waals surface area (Å²) in [4.78, 5) is 11.8. The van der Waals surface area contributed by atoms with E-state index in [1.54, 1.807) is 0 Å². The number of amides is 1. The molecule has 5 heteroatoms. The van der Waals surface area contributed by atoms with Gasteiger partial charge in [-0.3, -0.25) is 4.79 Å². The summed E-state index contributed by atoms with van der Waals surface area (Å²) in [6.45, 7) is 8.11. The van der Waals surface area contributed by atoms with Crippen LogP contribution in [0.1, 0.15) is 18.1 Å². The van der Waals surface area contributed by atoms with Crippen LogP contribution < -0.4 is 15.4 Å². The number of ether oxygens (including phenoxy) is 1. The van der Waals surface area contributed by atoms with Crippen molar-refractivity contribution in [1.82, 2.24) is 10.6 Å². The van der Waals surface area contributed by atoms with E-state index in [4.69, 9.17) is 4.74 Å². The predicted octanol–water partition coefficient (Wildman–Crippen LogP) is 1.83. The quantitative estimate of drug-likeness (QED) is 0.872. The molecule has 112 valence electrons. The van der Waals surface area contributed by atoms with Crippen molar-refractivity contribution in [3.05, 3.63) is 29.3 Å². The fourth-order valence-corrected chi connectivity index (χ4v) is 2.11. The Bertz CT molecular complexity index is 441. The van der Waals surface area contributed by atoms with E-state index in [1.165, 1.54) is 0 Å². The number of benzene rings is 1. The van der Waals surface area contributed by atoms with Gasteiger partial charge in [0.25, 0.3) is 0 Å². The Morgan fingerprint density at radius 3 is 2.50 bits per heavy atom.